The van der Waals surface area contributed by atoms with E-state index in [1.807, 2.05) is 4.90 Å². The van der Waals surface area contributed by atoms with Crippen molar-refractivity contribution < 1.29 is 19.4 Å². The number of nitrogens with zero attached hydrogens (tertiary/aromatic N) is 1. The van der Waals surface area contributed by atoms with Crippen LogP contribution in [-0.2, 0) is 9.53 Å². The van der Waals surface area contributed by atoms with Crippen LogP contribution in [-0.4, -0.2) is 49.2 Å². The van der Waals surface area contributed by atoms with E-state index in [9.17, 15) is 14.7 Å². The van der Waals surface area contributed by atoms with Crippen molar-refractivity contribution in [2.45, 2.75) is 6.04 Å². The summed E-state index contributed by atoms with van der Waals surface area (Å²) in [5.74, 6) is -1.09. The molecule has 1 aromatic rings. The third kappa shape index (κ3) is 1.98. The van der Waals surface area contributed by atoms with Crippen molar-refractivity contribution >= 4 is 23.1 Å². The summed E-state index contributed by atoms with van der Waals surface area (Å²) in [6.07, 6.45) is 0. The molecule has 1 aromatic carbocycles. The van der Waals surface area contributed by atoms with E-state index >= 15 is 0 Å². The Bertz CT molecular complexity index is 543. The number of amides is 1. The minimum atomic E-state index is -0.590. The standard InChI is InChI=1S/C13H14N2O4/c16-6-9-7-19-4-3-15(9)8-1-2-10-11(5-8)14-13(18)12(10)17/h1-2,5,9,16H,3-4,6-7H2,(H,14,17,18). The third-order valence-corrected chi connectivity index (χ3v) is 3.47. The average molecular weight is 262 g/mol. The molecule has 0 bridgehead atoms. The molecule has 1 amide bonds. The zero-order valence-corrected chi connectivity index (χ0v) is 10.3. The molecule has 6 heteroatoms. The normalized spacial score (nSPS) is 22.4. The molecule has 1 atom stereocenters. The first-order chi connectivity index (χ1) is 9.20. The maximum atomic E-state index is 11.5. The van der Waals surface area contributed by atoms with Crippen molar-refractivity contribution in [2.24, 2.45) is 0 Å². The summed E-state index contributed by atoms with van der Waals surface area (Å²) in [5, 5.41) is 11.9. The Morgan fingerprint density at radius 2 is 2.26 bits per heavy atom. The van der Waals surface area contributed by atoms with E-state index in [0.717, 1.165) is 5.69 Å². The van der Waals surface area contributed by atoms with Crippen molar-refractivity contribution in [1.29, 1.82) is 0 Å². The van der Waals surface area contributed by atoms with E-state index in [1.54, 1.807) is 18.2 Å². The number of aliphatic hydroxyl groups is 1. The largest absolute Gasteiger partial charge is 0.394 e. The van der Waals surface area contributed by atoms with Crippen LogP contribution in [0.3, 0.4) is 0 Å². The summed E-state index contributed by atoms with van der Waals surface area (Å²) in [7, 11) is 0. The maximum absolute atomic E-state index is 11.5. The first-order valence-electron chi connectivity index (χ1n) is 6.15. The van der Waals surface area contributed by atoms with Crippen LogP contribution in [0.25, 0.3) is 0 Å². The Morgan fingerprint density at radius 3 is 3.05 bits per heavy atom. The van der Waals surface area contributed by atoms with Crippen molar-refractivity contribution in [2.75, 3.05) is 36.6 Å². The second kappa shape index (κ2) is 4.64. The molecular weight excluding hydrogens is 248 g/mol. The first-order valence-corrected chi connectivity index (χ1v) is 6.15. The van der Waals surface area contributed by atoms with Gasteiger partial charge in [0, 0.05) is 12.2 Å². The number of benzene rings is 1. The second-order valence-electron chi connectivity index (χ2n) is 4.62. The Hall–Kier alpha value is -1.92. The Labute approximate surface area is 110 Å². The van der Waals surface area contributed by atoms with Gasteiger partial charge in [-0.15, -0.1) is 0 Å². The van der Waals surface area contributed by atoms with Crippen LogP contribution in [0.1, 0.15) is 10.4 Å². The fourth-order valence-electron chi connectivity index (χ4n) is 2.46. The van der Waals surface area contributed by atoms with E-state index in [1.165, 1.54) is 0 Å². The van der Waals surface area contributed by atoms with Crippen molar-refractivity contribution in [1.82, 2.24) is 0 Å². The van der Waals surface area contributed by atoms with Crippen molar-refractivity contribution in [3.63, 3.8) is 0 Å². The Balaban J connectivity index is 1.92. The molecule has 19 heavy (non-hydrogen) atoms. The lowest BCUT2D eigenvalue weighted by Gasteiger charge is -2.36. The van der Waals surface area contributed by atoms with Crippen molar-refractivity contribution in [3.8, 4) is 0 Å². The smallest absolute Gasteiger partial charge is 0.296 e. The molecule has 2 heterocycles. The number of morpholine rings is 1. The van der Waals surface area contributed by atoms with Crippen LogP contribution >= 0.6 is 0 Å². The predicted molar refractivity (Wildman–Crippen MR) is 68.4 cm³/mol. The highest BCUT2D eigenvalue weighted by Gasteiger charge is 2.29. The zero-order chi connectivity index (χ0) is 13.4. The molecule has 1 unspecified atom stereocenters. The highest BCUT2D eigenvalue weighted by atomic mass is 16.5. The van der Waals surface area contributed by atoms with E-state index in [-0.39, 0.29) is 12.6 Å². The molecule has 0 aromatic heterocycles. The summed E-state index contributed by atoms with van der Waals surface area (Å²) < 4.78 is 5.33. The number of carbonyl (C=O) groups is 2. The summed E-state index contributed by atoms with van der Waals surface area (Å²) in [5.41, 5.74) is 1.81. The number of aliphatic hydroxyl groups excluding tert-OH is 1. The number of carbonyl (C=O) groups excluding carboxylic acids is 2. The second-order valence-corrected chi connectivity index (χ2v) is 4.62. The molecule has 2 aliphatic heterocycles. The van der Waals surface area contributed by atoms with Gasteiger partial charge in [0.2, 0.25) is 0 Å². The lowest BCUT2D eigenvalue weighted by atomic mass is 10.1. The molecule has 0 spiro atoms. The number of rotatable bonds is 2. The van der Waals surface area contributed by atoms with Gasteiger partial charge in [0.1, 0.15) is 0 Å². The molecule has 6 nitrogen and oxygen atoms in total. The summed E-state index contributed by atoms with van der Waals surface area (Å²) >= 11 is 0. The molecule has 3 rings (SSSR count). The first kappa shape index (κ1) is 12.1. The van der Waals surface area contributed by atoms with Gasteiger partial charge in [0.15, 0.2) is 0 Å². The number of anilines is 2. The molecule has 100 valence electrons. The van der Waals surface area contributed by atoms with E-state index in [0.29, 0.717) is 31.0 Å². The topological polar surface area (TPSA) is 78.9 Å². The van der Waals surface area contributed by atoms with Gasteiger partial charge in [0.05, 0.1) is 37.1 Å². The monoisotopic (exact) mass is 262 g/mol. The van der Waals surface area contributed by atoms with E-state index in [2.05, 4.69) is 5.32 Å². The lowest BCUT2D eigenvalue weighted by Crippen LogP contribution is -2.47. The predicted octanol–water partition coefficient (Wildman–Crippen LogP) is 0.0189. The minimum Gasteiger partial charge on any atom is -0.394 e. The Morgan fingerprint density at radius 1 is 1.42 bits per heavy atom. The number of Topliss-reactive ketones (excluding diaryl/α,β-unsaturated/α-hetero) is 1. The van der Waals surface area contributed by atoms with Crippen molar-refractivity contribution in [3.05, 3.63) is 23.8 Å². The highest BCUT2D eigenvalue weighted by Crippen LogP contribution is 2.29. The molecule has 0 aliphatic carbocycles. The quantitative estimate of drug-likeness (QED) is 0.735. The number of hydrogen-bond acceptors (Lipinski definition) is 5. The summed E-state index contributed by atoms with van der Waals surface area (Å²) in [6.45, 7) is 1.74. The zero-order valence-electron chi connectivity index (χ0n) is 10.3. The van der Waals surface area contributed by atoms with E-state index < -0.39 is 11.7 Å². The molecule has 0 radical (unpaired) electrons. The SMILES string of the molecule is O=C1Nc2cc(N3CCOCC3CO)ccc2C1=O. The van der Waals surface area contributed by atoms with Gasteiger partial charge in [-0.2, -0.15) is 0 Å². The maximum Gasteiger partial charge on any atom is 0.296 e. The molecule has 0 saturated carbocycles. The highest BCUT2D eigenvalue weighted by molar-refractivity contribution is 6.51. The van der Waals surface area contributed by atoms with Gasteiger partial charge in [-0.05, 0) is 18.2 Å². The molecular formula is C13H14N2O4. The van der Waals surface area contributed by atoms with Gasteiger partial charge >= 0.3 is 0 Å². The molecule has 1 fully saturated rings. The van der Waals surface area contributed by atoms with Crippen LogP contribution in [0.4, 0.5) is 11.4 Å². The minimum absolute atomic E-state index is 0.00236. The fraction of sp³-hybridized carbons (Fsp3) is 0.385. The summed E-state index contributed by atoms with van der Waals surface area (Å²) in [6, 6.07) is 5.12. The molecule has 2 aliphatic rings. The van der Waals surface area contributed by atoms with Gasteiger partial charge in [-0.1, -0.05) is 0 Å². The third-order valence-electron chi connectivity index (χ3n) is 3.47. The van der Waals surface area contributed by atoms with Gasteiger partial charge < -0.3 is 20.1 Å². The number of ketones is 1. The number of fused-ring (bicyclic) bond motifs is 1. The van der Waals surface area contributed by atoms with Gasteiger partial charge in [-0.25, -0.2) is 0 Å². The van der Waals surface area contributed by atoms with Crippen LogP contribution in [0.15, 0.2) is 18.2 Å². The van der Waals surface area contributed by atoms with Crippen LogP contribution in [0, 0.1) is 0 Å². The molecule has 2 N–H and O–H groups in total. The summed E-state index contributed by atoms with van der Waals surface area (Å²) in [4.78, 5) is 24.9. The van der Waals surface area contributed by atoms with Crippen LogP contribution < -0.4 is 10.2 Å². The fourth-order valence-corrected chi connectivity index (χ4v) is 2.46. The number of ether oxygens (including phenoxy) is 1. The lowest BCUT2D eigenvalue weighted by molar-refractivity contribution is -0.112. The van der Waals surface area contributed by atoms with Gasteiger partial charge in [-0.3, -0.25) is 9.59 Å². The average Bonchev–Trinajstić information content (AvgIpc) is 2.73. The number of hydrogen-bond donors (Lipinski definition) is 2. The van der Waals surface area contributed by atoms with E-state index in [4.69, 9.17) is 4.74 Å². The Kier molecular flexibility index (Phi) is 2.96. The molecule has 1 saturated heterocycles. The van der Waals surface area contributed by atoms with Crippen LogP contribution in [0.5, 0.6) is 0 Å². The van der Waals surface area contributed by atoms with Gasteiger partial charge in [0.25, 0.3) is 11.7 Å². The number of nitrogens with one attached hydrogen (secondary N) is 1. The van der Waals surface area contributed by atoms with Crippen LogP contribution in [0.2, 0.25) is 0 Å².